The van der Waals surface area contributed by atoms with Crippen LogP contribution in [0.1, 0.15) is 5.56 Å². The highest BCUT2D eigenvalue weighted by atomic mass is 32.1. The van der Waals surface area contributed by atoms with Gasteiger partial charge in [-0.15, -0.1) is 11.3 Å². The van der Waals surface area contributed by atoms with Crippen molar-refractivity contribution in [2.45, 2.75) is 6.92 Å². The van der Waals surface area contributed by atoms with E-state index in [2.05, 4.69) is 14.7 Å². The smallest absolute Gasteiger partial charge is 0.246 e. The van der Waals surface area contributed by atoms with Crippen LogP contribution < -0.4 is 4.90 Å². The fourth-order valence-electron chi connectivity index (χ4n) is 2.85. The molecule has 0 radical (unpaired) electrons. The molecule has 120 valence electrons. The number of aryl methyl sites for hydroxylation is 1. The molecule has 1 aliphatic heterocycles. The standard InChI is InChI=1S/C17H15N5OS/c1-11-13-15(22-7-9-23-10-8-22)20-14(12-3-5-19-6-4-12)21-17(13)24-16(11)18-2/h3-6H,7-10H2,1H3. The number of hydrogen-bond donors (Lipinski definition) is 0. The third-order valence-electron chi connectivity index (χ3n) is 4.10. The Labute approximate surface area is 143 Å². The lowest BCUT2D eigenvalue weighted by molar-refractivity contribution is 0.122. The van der Waals surface area contributed by atoms with E-state index in [0.717, 1.165) is 40.3 Å². The number of anilines is 1. The van der Waals surface area contributed by atoms with Crippen LogP contribution in [0.3, 0.4) is 0 Å². The van der Waals surface area contributed by atoms with Crippen molar-refractivity contribution in [2.75, 3.05) is 31.2 Å². The van der Waals surface area contributed by atoms with E-state index in [1.807, 2.05) is 19.1 Å². The summed E-state index contributed by atoms with van der Waals surface area (Å²) in [5.74, 6) is 1.57. The van der Waals surface area contributed by atoms with Crippen LogP contribution in [-0.2, 0) is 4.74 Å². The van der Waals surface area contributed by atoms with Crippen LogP contribution in [-0.4, -0.2) is 41.3 Å². The molecular weight excluding hydrogens is 322 g/mol. The number of fused-ring (bicyclic) bond motifs is 1. The molecule has 1 aliphatic rings. The number of aromatic nitrogens is 3. The molecule has 7 heteroatoms. The van der Waals surface area contributed by atoms with Crippen LogP contribution >= 0.6 is 11.3 Å². The molecule has 0 amide bonds. The van der Waals surface area contributed by atoms with Crippen molar-refractivity contribution in [2.24, 2.45) is 0 Å². The van der Waals surface area contributed by atoms with Crippen molar-refractivity contribution in [1.82, 2.24) is 15.0 Å². The van der Waals surface area contributed by atoms with E-state index < -0.39 is 0 Å². The van der Waals surface area contributed by atoms with Crippen LogP contribution in [0, 0.1) is 13.5 Å². The van der Waals surface area contributed by atoms with Gasteiger partial charge in [-0.2, -0.15) is 0 Å². The SMILES string of the molecule is [C-]#[N+]c1sc2nc(-c3ccncc3)nc(N3CCOCC3)c2c1C. The zero-order valence-corrected chi connectivity index (χ0v) is 14.0. The first kappa shape index (κ1) is 15.0. The Bertz CT molecular complexity index is 926. The molecule has 1 saturated heterocycles. The quantitative estimate of drug-likeness (QED) is 0.671. The molecule has 0 bridgehead atoms. The van der Waals surface area contributed by atoms with Gasteiger partial charge in [0.25, 0.3) is 0 Å². The van der Waals surface area contributed by atoms with Crippen LogP contribution in [0.5, 0.6) is 0 Å². The number of nitrogens with zero attached hydrogens (tertiary/aromatic N) is 5. The summed E-state index contributed by atoms with van der Waals surface area (Å²) < 4.78 is 5.47. The Morgan fingerprint density at radius 1 is 1.21 bits per heavy atom. The maximum Gasteiger partial charge on any atom is 0.246 e. The monoisotopic (exact) mass is 337 g/mol. The highest BCUT2D eigenvalue weighted by Gasteiger charge is 2.22. The summed E-state index contributed by atoms with van der Waals surface area (Å²) in [5.41, 5.74) is 1.89. The molecule has 0 saturated carbocycles. The Balaban J connectivity index is 1.96. The summed E-state index contributed by atoms with van der Waals surface area (Å²) in [6.45, 7) is 12.3. The first-order chi connectivity index (χ1) is 11.8. The lowest BCUT2D eigenvalue weighted by Crippen LogP contribution is -2.37. The molecule has 0 unspecified atom stereocenters. The first-order valence-corrected chi connectivity index (χ1v) is 8.51. The average Bonchev–Trinajstić information content (AvgIpc) is 2.98. The maximum atomic E-state index is 7.39. The largest absolute Gasteiger partial charge is 0.378 e. The number of rotatable bonds is 2. The van der Waals surface area contributed by atoms with Gasteiger partial charge in [0.05, 0.1) is 19.8 Å². The summed E-state index contributed by atoms with van der Waals surface area (Å²) in [6.07, 6.45) is 3.48. The third kappa shape index (κ3) is 2.50. The van der Waals surface area contributed by atoms with Crippen molar-refractivity contribution < 1.29 is 4.74 Å². The summed E-state index contributed by atoms with van der Waals surface area (Å²) in [4.78, 5) is 20.3. The van der Waals surface area contributed by atoms with Crippen LogP contribution in [0.15, 0.2) is 24.5 Å². The van der Waals surface area contributed by atoms with Gasteiger partial charge in [-0.05, 0) is 24.6 Å². The molecule has 3 aromatic rings. The summed E-state index contributed by atoms with van der Waals surface area (Å²) >= 11 is 1.43. The number of ether oxygens (including phenoxy) is 1. The molecule has 1 fully saturated rings. The summed E-state index contributed by atoms with van der Waals surface area (Å²) in [6, 6.07) is 3.81. The van der Waals surface area contributed by atoms with Gasteiger partial charge in [0.15, 0.2) is 5.82 Å². The van der Waals surface area contributed by atoms with Crippen molar-refractivity contribution in [3.63, 3.8) is 0 Å². The average molecular weight is 337 g/mol. The molecule has 0 spiro atoms. The fourth-order valence-corrected chi connectivity index (χ4v) is 3.81. The minimum absolute atomic E-state index is 0.671. The van der Waals surface area contributed by atoms with E-state index in [9.17, 15) is 0 Å². The zero-order valence-electron chi connectivity index (χ0n) is 13.2. The van der Waals surface area contributed by atoms with E-state index in [4.69, 9.17) is 21.3 Å². The molecule has 3 aromatic heterocycles. The lowest BCUT2D eigenvalue weighted by atomic mass is 10.2. The third-order valence-corrected chi connectivity index (χ3v) is 5.18. The molecule has 6 nitrogen and oxygen atoms in total. The lowest BCUT2D eigenvalue weighted by Gasteiger charge is -2.28. The Hall–Kier alpha value is -2.56. The van der Waals surface area contributed by atoms with Crippen molar-refractivity contribution in [3.8, 4) is 11.4 Å². The van der Waals surface area contributed by atoms with Gasteiger partial charge in [0.2, 0.25) is 5.00 Å². The fraction of sp³-hybridized carbons (Fsp3) is 0.294. The Morgan fingerprint density at radius 3 is 2.67 bits per heavy atom. The minimum atomic E-state index is 0.671. The van der Waals surface area contributed by atoms with E-state index in [-0.39, 0.29) is 0 Å². The zero-order chi connectivity index (χ0) is 16.5. The predicted molar refractivity (Wildman–Crippen MR) is 94.7 cm³/mol. The number of morpholine rings is 1. The molecular formula is C17H15N5OS. The molecule has 4 heterocycles. The Kier molecular flexibility index (Phi) is 3.84. The van der Waals surface area contributed by atoms with Gasteiger partial charge < -0.3 is 9.64 Å². The highest BCUT2D eigenvalue weighted by Crippen LogP contribution is 2.41. The van der Waals surface area contributed by atoms with Gasteiger partial charge in [0.1, 0.15) is 10.6 Å². The first-order valence-electron chi connectivity index (χ1n) is 7.69. The van der Waals surface area contributed by atoms with Gasteiger partial charge in [-0.25, -0.2) is 14.8 Å². The summed E-state index contributed by atoms with van der Waals surface area (Å²) in [7, 11) is 0. The molecule has 0 aliphatic carbocycles. The predicted octanol–water partition coefficient (Wildman–Crippen LogP) is 3.45. The second-order valence-electron chi connectivity index (χ2n) is 5.53. The second-order valence-corrected chi connectivity index (χ2v) is 6.51. The van der Waals surface area contributed by atoms with Crippen molar-refractivity contribution in [1.29, 1.82) is 0 Å². The highest BCUT2D eigenvalue weighted by molar-refractivity contribution is 7.22. The van der Waals surface area contributed by atoms with Gasteiger partial charge in [-0.1, -0.05) is 0 Å². The maximum absolute atomic E-state index is 7.39. The summed E-state index contributed by atoms with van der Waals surface area (Å²) in [5, 5.41) is 1.67. The number of pyridine rings is 1. The van der Waals surface area contributed by atoms with E-state index >= 15 is 0 Å². The van der Waals surface area contributed by atoms with Crippen LogP contribution in [0.25, 0.3) is 26.4 Å². The number of hydrogen-bond acceptors (Lipinski definition) is 6. The Morgan fingerprint density at radius 2 is 1.96 bits per heavy atom. The molecule has 4 rings (SSSR count). The molecule has 0 atom stereocenters. The molecule has 0 aromatic carbocycles. The van der Waals surface area contributed by atoms with Crippen molar-refractivity contribution >= 4 is 32.4 Å². The molecule has 0 N–H and O–H groups in total. The van der Waals surface area contributed by atoms with Crippen molar-refractivity contribution in [3.05, 3.63) is 41.5 Å². The second kappa shape index (κ2) is 6.15. The van der Waals surface area contributed by atoms with Gasteiger partial charge >= 0.3 is 0 Å². The van der Waals surface area contributed by atoms with E-state index in [1.54, 1.807) is 12.4 Å². The molecule has 24 heavy (non-hydrogen) atoms. The van der Waals surface area contributed by atoms with E-state index in [0.29, 0.717) is 24.0 Å². The van der Waals surface area contributed by atoms with Gasteiger partial charge in [0, 0.05) is 36.4 Å². The topological polar surface area (TPSA) is 55.5 Å². The van der Waals surface area contributed by atoms with Crippen LogP contribution in [0.2, 0.25) is 0 Å². The number of thiophene rings is 1. The van der Waals surface area contributed by atoms with Gasteiger partial charge in [-0.3, -0.25) is 4.98 Å². The van der Waals surface area contributed by atoms with E-state index in [1.165, 1.54) is 11.3 Å². The normalized spacial score (nSPS) is 14.8. The van der Waals surface area contributed by atoms with Crippen LogP contribution in [0.4, 0.5) is 10.8 Å². The minimum Gasteiger partial charge on any atom is -0.378 e.